The van der Waals surface area contributed by atoms with Crippen LogP contribution in [0.2, 0.25) is 10.0 Å². The molecular weight excluding hydrogens is 624 g/mol. The summed E-state index contributed by atoms with van der Waals surface area (Å²) in [5, 5.41) is 3.98. The third-order valence-corrected chi connectivity index (χ3v) is 8.09. The molecule has 3 aromatic rings. The highest BCUT2D eigenvalue weighted by atomic mass is 35.5. The molecular formula is C30H26Cl2F3N4O5+. The van der Waals surface area contributed by atoms with E-state index in [1.807, 2.05) is 0 Å². The van der Waals surface area contributed by atoms with Crippen molar-refractivity contribution in [1.29, 1.82) is 0 Å². The number of benzene rings is 3. The van der Waals surface area contributed by atoms with Gasteiger partial charge in [-0.1, -0.05) is 41.4 Å². The van der Waals surface area contributed by atoms with Gasteiger partial charge in [0.1, 0.15) is 18.1 Å². The van der Waals surface area contributed by atoms with Gasteiger partial charge in [-0.3, -0.25) is 19.4 Å². The zero-order valence-corrected chi connectivity index (χ0v) is 25.0. The predicted octanol–water partition coefficient (Wildman–Crippen LogP) is 6.04. The van der Waals surface area contributed by atoms with Crippen molar-refractivity contribution in [2.75, 3.05) is 20.3 Å². The summed E-state index contributed by atoms with van der Waals surface area (Å²) in [6.45, 7) is 1.13. The Hall–Kier alpha value is -4.00. The van der Waals surface area contributed by atoms with Crippen LogP contribution >= 0.6 is 23.2 Å². The van der Waals surface area contributed by atoms with Crippen molar-refractivity contribution in [2.24, 2.45) is 4.99 Å². The van der Waals surface area contributed by atoms with E-state index in [4.69, 9.17) is 28.0 Å². The first-order valence-corrected chi connectivity index (χ1v) is 14.1. The molecule has 1 N–H and O–H groups in total. The van der Waals surface area contributed by atoms with E-state index in [1.165, 1.54) is 49.6 Å². The highest BCUT2D eigenvalue weighted by molar-refractivity contribution is 6.34. The van der Waals surface area contributed by atoms with Crippen LogP contribution in [0.4, 0.5) is 18.9 Å². The molecule has 2 aliphatic rings. The van der Waals surface area contributed by atoms with E-state index >= 15 is 0 Å². The zero-order chi connectivity index (χ0) is 31.8. The van der Waals surface area contributed by atoms with Gasteiger partial charge >= 0.3 is 11.9 Å². The third-order valence-electron chi connectivity index (χ3n) is 7.66. The van der Waals surface area contributed by atoms with Crippen LogP contribution in [0, 0.1) is 11.8 Å². The van der Waals surface area contributed by atoms with Crippen molar-refractivity contribution >= 4 is 46.4 Å². The lowest BCUT2D eigenvalue weighted by atomic mass is 9.76. The average Bonchev–Trinajstić information content (AvgIpc) is 3.58. The second kappa shape index (κ2) is 12.2. The maximum absolute atomic E-state index is 14.5. The summed E-state index contributed by atoms with van der Waals surface area (Å²) in [7, 11) is 1.24. The van der Waals surface area contributed by atoms with E-state index in [1.54, 1.807) is 25.1 Å². The Morgan fingerprint density at radius 2 is 1.82 bits per heavy atom. The molecule has 3 aromatic carbocycles. The van der Waals surface area contributed by atoms with Gasteiger partial charge in [-0.15, -0.1) is 0 Å². The third kappa shape index (κ3) is 6.15. The van der Waals surface area contributed by atoms with Crippen molar-refractivity contribution in [1.82, 2.24) is 10.4 Å². The molecule has 0 saturated carbocycles. The van der Waals surface area contributed by atoms with Gasteiger partial charge in [0.25, 0.3) is 16.7 Å². The molecule has 14 heteroatoms. The number of hydrogen-bond acceptors (Lipinski definition) is 6. The normalized spacial score (nSPS) is 20.1. The summed E-state index contributed by atoms with van der Waals surface area (Å²) in [5.74, 6) is -0.993. The van der Waals surface area contributed by atoms with Crippen molar-refractivity contribution in [3.05, 3.63) is 103 Å². The van der Waals surface area contributed by atoms with Crippen LogP contribution in [0.3, 0.4) is 0 Å². The van der Waals surface area contributed by atoms with Gasteiger partial charge in [-0.2, -0.15) is 13.2 Å². The second-order valence-corrected chi connectivity index (χ2v) is 11.4. The van der Waals surface area contributed by atoms with Gasteiger partial charge in [0.05, 0.1) is 18.0 Å². The Labute approximate surface area is 260 Å². The molecule has 0 bridgehead atoms. The Morgan fingerprint density at radius 3 is 2.43 bits per heavy atom. The molecule has 2 aliphatic heterocycles. The molecule has 2 atom stereocenters. The van der Waals surface area contributed by atoms with E-state index < -0.39 is 42.4 Å². The van der Waals surface area contributed by atoms with E-state index in [2.05, 4.69) is 15.1 Å². The lowest BCUT2D eigenvalue weighted by molar-refractivity contribution is -0.736. The number of carbonyl (C=O) groups excluding carboxylic acids is 2. The van der Waals surface area contributed by atoms with Gasteiger partial charge in [0, 0.05) is 39.9 Å². The van der Waals surface area contributed by atoms with Gasteiger partial charge < -0.3 is 5.32 Å². The van der Waals surface area contributed by atoms with Crippen LogP contribution in [-0.4, -0.2) is 60.0 Å². The van der Waals surface area contributed by atoms with Crippen LogP contribution < -0.4 is 5.32 Å². The number of carbonyl (C=O) groups is 2. The number of hydrogen-bond donors (Lipinski definition) is 1. The fourth-order valence-corrected chi connectivity index (χ4v) is 5.75. The lowest BCUT2D eigenvalue weighted by Crippen LogP contribution is -2.43. The highest BCUT2D eigenvalue weighted by Gasteiger charge is 2.58. The molecule has 2 amide bonds. The summed E-state index contributed by atoms with van der Waals surface area (Å²) in [5.41, 5.74) is 0.0301. The fourth-order valence-electron chi connectivity index (χ4n) is 5.23. The second-order valence-electron chi connectivity index (χ2n) is 10.5. The molecule has 2 heterocycles. The minimum atomic E-state index is -4.63. The quantitative estimate of drug-likeness (QED) is 0.300. The van der Waals surface area contributed by atoms with E-state index in [0.29, 0.717) is 21.6 Å². The van der Waals surface area contributed by atoms with Gasteiger partial charge in [0.15, 0.2) is 7.11 Å². The van der Waals surface area contributed by atoms with Crippen molar-refractivity contribution in [3.63, 3.8) is 0 Å². The summed E-state index contributed by atoms with van der Waals surface area (Å²) in [6, 6.07) is 13.9. The topological polar surface area (TPSA) is 100 Å². The van der Waals surface area contributed by atoms with E-state index in [9.17, 15) is 27.7 Å². The lowest BCUT2D eigenvalue weighted by Gasteiger charge is -2.31. The summed E-state index contributed by atoms with van der Waals surface area (Å²) in [6.07, 6.45) is -5.05. The maximum Gasteiger partial charge on any atom is 0.400 e. The number of hydroxylamine groups is 2. The van der Waals surface area contributed by atoms with Crippen LogP contribution in [-0.2, 0) is 26.4 Å². The molecule has 1 unspecified atom stereocenters. The summed E-state index contributed by atoms with van der Waals surface area (Å²) < 4.78 is 43.4. The van der Waals surface area contributed by atoms with Crippen molar-refractivity contribution in [3.8, 4) is 0 Å². The first-order valence-electron chi connectivity index (χ1n) is 13.3. The fraction of sp³-hybridized carbons (Fsp3) is 0.300. The van der Waals surface area contributed by atoms with E-state index in [0.717, 1.165) is 5.06 Å². The van der Waals surface area contributed by atoms with Gasteiger partial charge in [0.2, 0.25) is 0 Å². The SMILES string of the molecule is CO[N+](=O)c1ccc(CN2OC[C@@H](NC(=O)c3ccc(C4=NCC(c5cc(Cl)cc(Cl)c5)(C(F)(F)F)C4)cc3C)C2=O)cc1. The Bertz CT molecular complexity index is 1650. The summed E-state index contributed by atoms with van der Waals surface area (Å²) in [4.78, 5) is 52.2. The zero-order valence-electron chi connectivity index (χ0n) is 23.5. The number of aliphatic imine (C=N–C) groups is 1. The first kappa shape index (κ1) is 31.4. The molecule has 0 radical (unpaired) electrons. The molecule has 0 spiro atoms. The molecule has 0 aromatic heterocycles. The summed E-state index contributed by atoms with van der Waals surface area (Å²) >= 11 is 12.0. The van der Waals surface area contributed by atoms with Crippen LogP contribution in [0.25, 0.3) is 0 Å². The minimum Gasteiger partial charge on any atom is -0.338 e. The van der Waals surface area contributed by atoms with E-state index in [-0.39, 0.29) is 45.7 Å². The van der Waals surface area contributed by atoms with Crippen molar-refractivity contribution < 1.29 is 37.4 Å². The van der Waals surface area contributed by atoms with Crippen LogP contribution in [0.5, 0.6) is 0 Å². The number of alkyl halides is 3. The Balaban J connectivity index is 1.25. The standard InChI is InChI=1S/C30H25Cl2F3N4O5/c1-17-9-19(25-13-29(16-36-25,30(33,34)35)20-10-21(31)12-22(32)11-20)5-8-24(17)27(40)37-26-15-44-38(28(26)41)14-18-3-6-23(7-4-18)39(42)43-2/h3-12,26H,13-16H2,1-2H3/p+1/t26-,29?/m1/s1. The number of rotatable bonds is 8. The number of nitrogens with one attached hydrogen (secondary N) is 1. The van der Waals surface area contributed by atoms with Gasteiger partial charge in [-0.05, 0) is 59.5 Å². The Kier molecular flexibility index (Phi) is 8.70. The molecule has 5 rings (SSSR count). The molecule has 1 fully saturated rings. The van der Waals surface area contributed by atoms with Gasteiger partial charge in [-0.25, -0.2) is 9.90 Å². The highest BCUT2D eigenvalue weighted by Crippen LogP contribution is 2.48. The smallest absolute Gasteiger partial charge is 0.338 e. The van der Waals surface area contributed by atoms with Crippen LogP contribution in [0.15, 0.2) is 65.7 Å². The minimum absolute atomic E-state index is 0.0660. The van der Waals surface area contributed by atoms with Crippen LogP contribution in [0.1, 0.15) is 39.0 Å². The first-order chi connectivity index (χ1) is 20.8. The largest absolute Gasteiger partial charge is 0.400 e. The molecule has 230 valence electrons. The van der Waals surface area contributed by atoms with Crippen molar-refractivity contribution in [2.45, 2.75) is 37.5 Å². The molecule has 1 saturated heterocycles. The molecule has 9 nitrogen and oxygen atoms in total. The number of halogens is 5. The Morgan fingerprint density at radius 1 is 1.14 bits per heavy atom. The molecule has 44 heavy (non-hydrogen) atoms. The average molecular weight is 650 g/mol. The number of nitrogens with zero attached hydrogens (tertiary/aromatic N) is 3. The molecule has 0 aliphatic carbocycles. The monoisotopic (exact) mass is 649 g/mol. The number of amides is 2. The maximum atomic E-state index is 14.5. The predicted molar refractivity (Wildman–Crippen MR) is 156 cm³/mol. The number of aryl methyl sites for hydroxylation is 1.